The van der Waals surface area contributed by atoms with Crippen molar-refractivity contribution >= 4 is 28.3 Å². The number of aromatic nitrogens is 1. The van der Waals surface area contributed by atoms with E-state index in [-0.39, 0.29) is 0 Å². The first-order chi connectivity index (χ1) is 9.54. The third-order valence-electron chi connectivity index (χ3n) is 2.62. The molecule has 0 atom stereocenters. The molecule has 2 aromatic rings. The Morgan fingerprint density at radius 2 is 1.85 bits per heavy atom. The maximum atomic E-state index is 11.6. The van der Waals surface area contributed by atoms with E-state index in [1.54, 1.807) is 5.38 Å². The van der Waals surface area contributed by atoms with E-state index >= 15 is 0 Å². The summed E-state index contributed by atoms with van der Waals surface area (Å²) in [5.41, 5.74) is 2.91. The molecule has 0 saturated carbocycles. The van der Waals surface area contributed by atoms with E-state index in [1.165, 1.54) is 11.3 Å². The molecule has 0 unspecified atom stereocenters. The molecule has 0 fully saturated rings. The van der Waals surface area contributed by atoms with Crippen LogP contribution in [0.2, 0.25) is 0 Å². The van der Waals surface area contributed by atoms with E-state index < -0.39 is 11.8 Å². The molecule has 2 amide bonds. The minimum atomic E-state index is -0.702. The quantitative estimate of drug-likeness (QED) is 0.849. The maximum Gasteiger partial charge on any atom is 0.315 e. The normalized spacial score (nSPS) is 10.1. The topological polar surface area (TPSA) is 71.1 Å². The zero-order chi connectivity index (χ0) is 14.5. The van der Waals surface area contributed by atoms with Crippen molar-refractivity contribution in [2.75, 3.05) is 5.32 Å². The second-order valence-electron chi connectivity index (χ2n) is 4.42. The summed E-state index contributed by atoms with van der Waals surface area (Å²) in [6.45, 7) is 4.14. The van der Waals surface area contributed by atoms with Crippen LogP contribution in [-0.2, 0) is 16.1 Å². The molecule has 2 rings (SSSR count). The Morgan fingerprint density at radius 3 is 2.45 bits per heavy atom. The Kier molecular flexibility index (Phi) is 4.47. The Morgan fingerprint density at radius 1 is 1.15 bits per heavy atom. The molecule has 0 saturated heterocycles. The van der Waals surface area contributed by atoms with Crippen LogP contribution in [0.4, 0.5) is 5.13 Å². The third-order valence-corrected chi connectivity index (χ3v) is 3.49. The van der Waals surface area contributed by atoms with E-state index in [0.29, 0.717) is 11.7 Å². The highest BCUT2D eigenvalue weighted by Crippen LogP contribution is 2.13. The van der Waals surface area contributed by atoms with Gasteiger partial charge in [-0.3, -0.25) is 14.9 Å². The lowest BCUT2D eigenvalue weighted by molar-refractivity contribution is -0.136. The SMILES string of the molecule is Cc1ccc(CNC(=O)C(=O)Nc2nc(C)cs2)cc1. The van der Waals surface area contributed by atoms with Crippen LogP contribution in [0.1, 0.15) is 16.8 Å². The van der Waals surface area contributed by atoms with Gasteiger partial charge in [0.05, 0.1) is 5.69 Å². The van der Waals surface area contributed by atoms with Crippen molar-refractivity contribution in [3.05, 3.63) is 46.5 Å². The second kappa shape index (κ2) is 6.29. The first kappa shape index (κ1) is 14.2. The number of carbonyl (C=O) groups is 2. The summed E-state index contributed by atoms with van der Waals surface area (Å²) < 4.78 is 0. The molecule has 5 nitrogen and oxygen atoms in total. The fraction of sp³-hybridized carbons (Fsp3) is 0.214. The lowest BCUT2D eigenvalue weighted by Gasteiger charge is -2.05. The van der Waals surface area contributed by atoms with Crippen LogP contribution in [0.25, 0.3) is 0 Å². The summed E-state index contributed by atoms with van der Waals surface area (Å²) >= 11 is 1.29. The number of aryl methyl sites for hydroxylation is 2. The van der Waals surface area contributed by atoms with E-state index in [1.807, 2.05) is 38.1 Å². The molecule has 0 aliphatic carbocycles. The number of nitrogens with one attached hydrogen (secondary N) is 2. The zero-order valence-corrected chi connectivity index (χ0v) is 12.1. The fourth-order valence-corrected chi connectivity index (χ4v) is 2.22. The minimum absolute atomic E-state index is 0.323. The van der Waals surface area contributed by atoms with Crippen LogP contribution >= 0.6 is 11.3 Å². The predicted octanol–water partition coefficient (Wildman–Crippen LogP) is 2.01. The van der Waals surface area contributed by atoms with Crippen molar-refractivity contribution in [2.45, 2.75) is 20.4 Å². The smallest absolute Gasteiger partial charge is 0.315 e. The first-order valence-corrected chi connectivity index (χ1v) is 6.99. The van der Waals surface area contributed by atoms with Gasteiger partial charge in [-0.2, -0.15) is 0 Å². The molecule has 20 heavy (non-hydrogen) atoms. The molecule has 0 bridgehead atoms. The van der Waals surface area contributed by atoms with Gasteiger partial charge >= 0.3 is 11.8 Å². The van der Waals surface area contributed by atoms with Gasteiger partial charge in [-0.05, 0) is 19.4 Å². The summed E-state index contributed by atoms with van der Waals surface area (Å²) in [6.07, 6.45) is 0. The lowest BCUT2D eigenvalue weighted by atomic mass is 10.1. The highest BCUT2D eigenvalue weighted by Gasteiger charge is 2.14. The van der Waals surface area contributed by atoms with Crippen LogP contribution in [0.5, 0.6) is 0 Å². The molecule has 0 aliphatic rings. The summed E-state index contributed by atoms with van der Waals surface area (Å²) in [7, 11) is 0. The Hall–Kier alpha value is -2.21. The summed E-state index contributed by atoms with van der Waals surface area (Å²) in [6, 6.07) is 7.75. The molecule has 0 radical (unpaired) electrons. The average molecular weight is 289 g/mol. The summed E-state index contributed by atoms with van der Waals surface area (Å²) in [5, 5.41) is 7.27. The molecule has 2 N–H and O–H groups in total. The number of carbonyl (C=O) groups excluding carboxylic acids is 2. The molecule has 6 heteroatoms. The number of thiazole rings is 1. The van der Waals surface area contributed by atoms with Crippen LogP contribution in [-0.4, -0.2) is 16.8 Å². The monoisotopic (exact) mass is 289 g/mol. The molecule has 1 aromatic heterocycles. The third kappa shape index (κ3) is 3.89. The highest BCUT2D eigenvalue weighted by molar-refractivity contribution is 7.14. The number of amides is 2. The van der Waals surface area contributed by atoms with Crippen molar-refractivity contribution in [1.82, 2.24) is 10.3 Å². The van der Waals surface area contributed by atoms with Crippen molar-refractivity contribution < 1.29 is 9.59 Å². The van der Waals surface area contributed by atoms with E-state index in [9.17, 15) is 9.59 Å². The van der Waals surface area contributed by atoms with Gasteiger partial charge in [0.1, 0.15) is 0 Å². The van der Waals surface area contributed by atoms with E-state index in [0.717, 1.165) is 16.8 Å². The van der Waals surface area contributed by atoms with Gasteiger partial charge in [0.2, 0.25) is 0 Å². The number of rotatable bonds is 3. The number of anilines is 1. The van der Waals surface area contributed by atoms with Gasteiger partial charge in [-0.1, -0.05) is 29.8 Å². The van der Waals surface area contributed by atoms with Gasteiger partial charge < -0.3 is 5.32 Å². The summed E-state index contributed by atoms with van der Waals surface area (Å²) in [4.78, 5) is 27.4. The molecule has 104 valence electrons. The van der Waals surface area contributed by atoms with Crippen molar-refractivity contribution in [3.8, 4) is 0 Å². The van der Waals surface area contributed by atoms with Crippen LogP contribution in [0.15, 0.2) is 29.6 Å². The van der Waals surface area contributed by atoms with Gasteiger partial charge in [-0.25, -0.2) is 4.98 Å². The molecule has 1 aromatic carbocycles. The number of nitrogens with zero attached hydrogens (tertiary/aromatic N) is 1. The maximum absolute atomic E-state index is 11.6. The lowest BCUT2D eigenvalue weighted by Crippen LogP contribution is -2.34. The second-order valence-corrected chi connectivity index (χ2v) is 5.27. The van der Waals surface area contributed by atoms with Crippen LogP contribution in [0, 0.1) is 13.8 Å². The van der Waals surface area contributed by atoms with E-state index in [4.69, 9.17) is 0 Å². The van der Waals surface area contributed by atoms with Gasteiger partial charge in [0.25, 0.3) is 0 Å². The van der Waals surface area contributed by atoms with Crippen molar-refractivity contribution in [3.63, 3.8) is 0 Å². The summed E-state index contributed by atoms with van der Waals surface area (Å²) in [5.74, 6) is -1.37. The standard InChI is InChI=1S/C14H15N3O2S/c1-9-3-5-11(6-4-9)7-15-12(18)13(19)17-14-16-10(2)8-20-14/h3-6,8H,7H2,1-2H3,(H,15,18)(H,16,17,19). The van der Waals surface area contributed by atoms with Crippen LogP contribution in [0.3, 0.4) is 0 Å². The van der Waals surface area contributed by atoms with Gasteiger partial charge in [-0.15, -0.1) is 11.3 Å². The van der Waals surface area contributed by atoms with Crippen LogP contribution < -0.4 is 10.6 Å². The first-order valence-electron chi connectivity index (χ1n) is 6.11. The number of hydrogen-bond donors (Lipinski definition) is 2. The number of hydrogen-bond acceptors (Lipinski definition) is 4. The van der Waals surface area contributed by atoms with Gasteiger partial charge in [0, 0.05) is 11.9 Å². The zero-order valence-electron chi connectivity index (χ0n) is 11.3. The molecule has 0 spiro atoms. The Bertz CT molecular complexity index is 620. The average Bonchev–Trinajstić information content (AvgIpc) is 2.83. The molecular weight excluding hydrogens is 274 g/mol. The van der Waals surface area contributed by atoms with Gasteiger partial charge in [0.15, 0.2) is 5.13 Å². The molecule has 0 aliphatic heterocycles. The largest absolute Gasteiger partial charge is 0.344 e. The fourth-order valence-electron chi connectivity index (χ4n) is 1.53. The minimum Gasteiger partial charge on any atom is -0.344 e. The molecule has 1 heterocycles. The predicted molar refractivity (Wildman–Crippen MR) is 78.5 cm³/mol. The molecular formula is C14H15N3O2S. The van der Waals surface area contributed by atoms with E-state index in [2.05, 4.69) is 15.6 Å². The highest BCUT2D eigenvalue weighted by atomic mass is 32.1. The Labute approximate surface area is 121 Å². The van der Waals surface area contributed by atoms with Crippen molar-refractivity contribution in [2.24, 2.45) is 0 Å². The van der Waals surface area contributed by atoms with Crippen molar-refractivity contribution in [1.29, 1.82) is 0 Å². The number of benzene rings is 1. The Balaban J connectivity index is 1.85.